The standard InChI is InChI=1S/C24H24ClNO4S/c1-30-23(27)9-5-6-18-10-12-20(13-11-18)24(19-7-3-2-4-8-19)26-31(28,29)22-16-14-21(25)15-17-22/h2-4,7-8,10-17,24,26H,5-6,9H2,1H3/t24-/m1/s1. The first-order valence-electron chi connectivity index (χ1n) is 9.87. The molecule has 3 aromatic carbocycles. The predicted molar refractivity (Wildman–Crippen MR) is 121 cm³/mol. The summed E-state index contributed by atoms with van der Waals surface area (Å²) >= 11 is 5.89. The van der Waals surface area contributed by atoms with Crippen molar-refractivity contribution in [3.8, 4) is 0 Å². The lowest BCUT2D eigenvalue weighted by Crippen LogP contribution is -2.29. The number of aryl methyl sites for hydroxylation is 1. The van der Waals surface area contributed by atoms with Crippen LogP contribution in [0, 0.1) is 0 Å². The van der Waals surface area contributed by atoms with Crippen LogP contribution in [-0.2, 0) is 26.0 Å². The van der Waals surface area contributed by atoms with E-state index in [4.69, 9.17) is 11.6 Å². The largest absolute Gasteiger partial charge is 0.469 e. The lowest BCUT2D eigenvalue weighted by atomic mass is 9.97. The Morgan fingerprint density at radius 3 is 2.16 bits per heavy atom. The van der Waals surface area contributed by atoms with Crippen molar-refractivity contribution < 1.29 is 17.9 Å². The third kappa shape index (κ3) is 6.40. The summed E-state index contributed by atoms with van der Waals surface area (Å²) in [7, 11) is -2.39. The zero-order valence-corrected chi connectivity index (χ0v) is 18.7. The third-order valence-corrected chi connectivity index (χ3v) is 6.61. The number of benzene rings is 3. The van der Waals surface area contributed by atoms with E-state index in [1.165, 1.54) is 19.2 Å². The Morgan fingerprint density at radius 1 is 0.935 bits per heavy atom. The molecule has 1 N–H and O–H groups in total. The van der Waals surface area contributed by atoms with Gasteiger partial charge in [0.2, 0.25) is 10.0 Å². The van der Waals surface area contributed by atoms with Crippen molar-refractivity contribution in [1.82, 2.24) is 4.72 Å². The first-order valence-corrected chi connectivity index (χ1v) is 11.7. The molecule has 5 nitrogen and oxygen atoms in total. The molecule has 0 aliphatic heterocycles. The molecule has 0 unspecified atom stereocenters. The number of sulfonamides is 1. The molecular weight excluding hydrogens is 434 g/mol. The summed E-state index contributed by atoms with van der Waals surface area (Å²) in [6.07, 6.45) is 1.80. The van der Waals surface area contributed by atoms with E-state index in [0.29, 0.717) is 17.9 Å². The second-order valence-corrected chi connectivity index (χ2v) is 9.24. The second-order valence-electron chi connectivity index (χ2n) is 7.09. The summed E-state index contributed by atoms with van der Waals surface area (Å²) in [5, 5.41) is 0.473. The maximum atomic E-state index is 13.0. The average molecular weight is 458 g/mol. The average Bonchev–Trinajstić information content (AvgIpc) is 2.79. The van der Waals surface area contributed by atoms with Crippen LogP contribution in [0.15, 0.2) is 83.8 Å². The summed E-state index contributed by atoms with van der Waals surface area (Å²) in [6, 6.07) is 22.7. The number of carbonyl (C=O) groups excluding carboxylic acids is 1. The minimum atomic E-state index is -3.77. The number of ether oxygens (including phenoxy) is 1. The van der Waals surface area contributed by atoms with Gasteiger partial charge in [0.25, 0.3) is 0 Å². The van der Waals surface area contributed by atoms with Crippen LogP contribution in [-0.4, -0.2) is 21.5 Å². The number of hydrogen-bond acceptors (Lipinski definition) is 4. The molecule has 0 saturated carbocycles. The van der Waals surface area contributed by atoms with Crippen molar-refractivity contribution in [3.63, 3.8) is 0 Å². The lowest BCUT2D eigenvalue weighted by Gasteiger charge is -2.20. The van der Waals surface area contributed by atoms with Crippen LogP contribution in [0.25, 0.3) is 0 Å². The van der Waals surface area contributed by atoms with Crippen molar-refractivity contribution >= 4 is 27.6 Å². The quantitative estimate of drug-likeness (QED) is 0.463. The number of esters is 1. The van der Waals surface area contributed by atoms with Crippen molar-refractivity contribution in [2.75, 3.05) is 7.11 Å². The molecule has 31 heavy (non-hydrogen) atoms. The van der Waals surface area contributed by atoms with Gasteiger partial charge in [-0.3, -0.25) is 4.79 Å². The molecular formula is C24H24ClNO4S. The second kappa shape index (κ2) is 10.6. The maximum Gasteiger partial charge on any atom is 0.305 e. The Bertz CT molecular complexity index is 1100. The van der Waals surface area contributed by atoms with E-state index in [9.17, 15) is 13.2 Å². The molecule has 1 atom stereocenters. The van der Waals surface area contributed by atoms with Crippen molar-refractivity contribution in [3.05, 3.63) is 101 Å². The molecule has 162 valence electrons. The van der Waals surface area contributed by atoms with Crippen molar-refractivity contribution in [2.24, 2.45) is 0 Å². The molecule has 7 heteroatoms. The summed E-state index contributed by atoms with van der Waals surface area (Å²) < 4.78 is 33.5. The number of carbonyl (C=O) groups is 1. The number of methoxy groups -OCH3 is 1. The highest BCUT2D eigenvalue weighted by Gasteiger charge is 2.23. The molecule has 0 radical (unpaired) electrons. The zero-order chi connectivity index (χ0) is 22.3. The molecule has 3 rings (SSSR count). The first kappa shape index (κ1) is 23.0. The van der Waals surface area contributed by atoms with Crippen LogP contribution >= 0.6 is 11.6 Å². The molecule has 0 aliphatic carbocycles. The minimum absolute atomic E-state index is 0.150. The Kier molecular flexibility index (Phi) is 7.85. The van der Waals surface area contributed by atoms with Crippen LogP contribution in [0.4, 0.5) is 0 Å². The van der Waals surface area contributed by atoms with Crippen LogP contribution in [0.3, 0.4) is 0 Å². The monoisotopic (exact) mass is 457 g/mol. The lowest BCUT2D eigenvalue weighted by molar-refractivity contribution is -0.140. The smallest absolute Gasteiger partial charge is 0.305 e. The number of nitrogens with one attached hydrogen (secondary N) is 1. The van der Waals surface area contributed by atoms with Crippen LogP contribution in [0.2, 0.25) is 5.02 Å². The molecule has 0 aliphatic rings. The van der Waals surface area contributed by atoms with Gasteiger partial charge in [0, 0.05) is 11.4 Å². The van der Waals surface area contributed by atoms with Gasteiger partial charge in [-0.25, -0.2) is 8.42 Å². The van der Waals surface area contributed by atoms with E-state index in [-0.39, 0.29) is 10.9 Å². The first-order chi connectivity index (χ1) is 14.9. The van der Waals surface area contributed by atoms with Gasteiger partial charge in [0.05, 0.1) is 18.0 Å². The molecule has 0 amide bonds. The van der Waals surface area contributed by atoms with E-state index in [1.807, 2.05) is 54.6 Å². The van der Waals surface area contributed by atoms with E-state index in [0.717, 1.165) is 23.1 Å². The third-order valence-electron chi connectivity index (χ3n) is 4.92. The Labute approximate surface area is 188 Å². The highest BCUT2D eigenvalue weighted by molar-refractivity contribution is 7.89. The zero-order valence-electron chi connectivity index (χ0n) is 17.1. The van der Waals surface area contributed by atoms with Crippen molar-refractivity contribution in [2.45, 2.75) is 30.2 Å². The van der Waals surface area contributed by atoms with E-state index in [2.05, 4.69) is 9.46 Å². The Morgan fingerprint density at radius 2 is 1.55 bits per heavy atom. The SMILES string of the molecule is COC(=O)CCCc1ccc([C@H](NS(=O)(=O)c2ccc(Cl)cc2)c2ccccc2)cc1. The molecule has 3 aromatic rings. The van der Waals surface area contributed by atoms with Crippen LogP contribution < -0.4 is 4.72 Å². The van der Waals surface area contributed by atoms with Gasteiger partial charge in [0.1, 0.15) is 0 Å². The molecule has 0 saturated heterocycles. The molecule has 0 fully saturated rings. The highest BCUT2D eigenvalue weighted by Crippen LogP contribution is 2.26. The van der Waals surface area contributed by atoms with Gasteiger partial charge in [-0.2, -0.15) is 4.72 Å². The summed E-state index contributed by atoms with van der Waals surface area (Å²) in [5.41, 5.74) is 2.72. The molecule has 0 aromatic heterocycles. The number of rotatable bonds is 9. The van der Waals surface area contributed by atoms with Gasteiger partial charge >= 0.3 is 5.97 Å². The summed E-state index contributed by atoms with van der Waals surface area (Å²) in [4.78, 5) is 11.4. The van der Waals surface area contributed by atoms with Gasteiger partial charge in [-0.1, -0.05) is 66.2 Å². The summed E-state index contributed by atoms with van der Waals surface area (Å²) in [6.45, 7) is 0. The van der Waals surface area contributed by atoms with E-state index < -0.39 is 16.1 Å². The Hall–Kier alpha value is -2.67. The Balaban J connectivity index is 1.83. The fourth-order valence-corrected chi connectivity index (χ4v) is 4.57. The minimum Gasteiger partial charge on any atom is -0.469 e. The normalized spacial score (nSPS) is 12.3. The predicted octanol–water partition coefficient (Wildman–Crippen LogP) is 4.90. The fraction of sp³-hybridized carbons (Fsp3) is 0.208. The van der Waals surface area contributed by atoms with E-state index >= 15 is 0 Å². The van der Waals surface area contributed by atoms with Gasteiger partial charge < -0.3 is 4.74 Å². The number of halogens is 1. The van der Waals surface area contributed by atoms with Crippen LogP contribution in [0.1, 0.15) is 35.6 Å². The van der Waals surface area contributed by atoms with Crippen molar-refractivity contribution in [1.29, 1.82) is 0 Å². The van der Waals surface area contributed by atoms with Gasteiger partial charge in [-0.05, 0) is 53.8 Å². The molecule has 0 bridgehead atoms. The van der Waals surface area contributed by atoms with Gasteiger partial charge in [0.15, 0.2) is 0 Å². The van der Waals surface area contributed by atoms with Crippen LogP contribution in [0.5, 0.6) is 0 Å². The van der Waals surface area contributed by atoms with Gasteiger partial charge in [-0.15, -0.1) is 0 Å². The maximum absolute atomic E-state index is 13.0. The number of hydrogen-bond donors (Lipinski definition) is 1. The molecule has 0 spiro atoms. The van der Waals surface area contributed by atoms with E-state index in [1.54, 1.807) is 12.1 Å². The fourth-order valence-electron chi connectivity index (χ4n) is 3.23. The topological polar surface area (TPSA) is 72.5 Å². The molecule has 0 heterocycles. The summed E-state index contributed by atoms with van der Waals surface area (Å²) in [5.74, 6) is -0.225. The highest BCUT2D eigenvalue weighted by atomic mass is 35.5.